The fourth-order valence-electron chi connectivity index (χ4n) is 3.34. The van der Waals surface area contributed by atoms with Gasteiger partial charge in [-0.3, -0.25) is 0 Å². The Hall–Kier alpha value is -0.280. The van der Waals surface area contributed by atoms with E-state index in [0.29, 0.717) is 0 Å². The van der Waals surface area contributed by atoms with Gasteiger partial charge in [0.25, 0.3) is 0 Å². The highest BCUT2D eigenvalue weighted by atomic mass is 35.5. The maximum absolute atomic E-state index is 6.31. The Morgan fingerprint density at radius 3 is 2.35 bits per heavy atom. The van der Waals surface area contributed by atoms with Crippen molar-refractivity contribution in [3.63, 3.8) is 0 Å². The summed E-state index contributed by atoms with van der Waals surface area (Å²) < 4.78 is 6.15. The monoisotopic (exact) mass is 315 g/mol. The largest absolute Gasteiger partial charge is 0.374 e. The second-order valence-electron chi connectivity index (χ2n) is 5.45. The Morgan fingerprint density at radius 2 is 1.85 bits per heavy atom. The minimum Gasteiger partial charge on any atom is -0.374 e. The Labute approximate surface area is 131 Å². The number of ether oxygens (including phenoxy) is 1. The second-order valence-corrected chi connectivity index (χ2v) is 6.26. The van der Waals surface area contributed by atoms with Crippen LogP contribution in [0.4, 0.5) is 0 Å². The summed E-state index contributed by atoms with van der Waals surface area (Å²) in [4.78, 5) is 0. The molecule has 2 nitrogen and oxygen atoms in total. The summed E-state index contributed by atoms with van der Waals surface area (Å²) in [5.41, 5.74) is 0.938. The molecule has 1 fully saturated rings. The van der Waals surface area contributed by atoms with Crippen LogP contribution in [-0.2, 0) is 11.2 Å². The minimum absolute atomic E-state index is 0.0774. The van der Waals surface area contributed by atoms with Gasteiger partial charge in [-0.25, -0.2) is 0 Å². The van der Waals surface area contributed by atoms with Gasteiger partial charge in [0.1, 0.15) is 0 Å². The molecule has 0 bridgehead atoms. The normalized spacial score (nSPS) is 19.2. The quantitative estimate of drug-likeness (QED) is 0.836. The van der Waals surface area contributed by atoms with Crippen LogP contribution >= 0.6 is 23.2 Å². The van der Waals surface area contributed by atoms with Crippen molar-refractivity contribution >= 4 is 23.2 Å². The molecule has 1 unspecified atom stereocenters. The Morgan fingerprint density at radius 1 is 1.25 bits per heavy atom. The van der Waals surface area contributed by atoms with E-state index < -0.39 is 0 Å². The van der Waals surface area contributed by atoms with Crippen LogP contribution in [0.25, 0.3) is 0 Å². The summed E-state index contributed by atoms with van der Waals surface area (Å²) in [5.74, 6) is 0. The molecule has 0 aliphatic heterocycles. The van der Waals surface area contributed by atoms with Crippen molar-refractivity contribution in [2.24, 2.45) is 0 Å². The van der Waals surface area contributed by atoms with Crippen molar-refractivity contribution in [1.29, 1.82) is 0 Å². The summed E-state index contributed by atoms with van der Waals surface area (Å²) in [5, 5.41) is 4.91. The average Bonchev–Trinajstić information content (AvgIpc) is 2.88. The molecule has 1 saturated carbocycles. The van der Waals surface area contributed by atoms with Crippen molar-refractivity contribution in [2.45, 2.75) is 50.7 Å². The summed E-state index contributed by atoms with van der Waals surface area (Å²) >= 11 is 12.6. The van der Waals surface area contributed by atoms with Gasteiger partial charge in [0.05, 0.1) is 5.60 Å². The Balaban J connectivity index is 2.23. The molecule has 20 heavy (non-hydrogen) atoms. The number of halogens is 2. The number of benzene rings is 1. The van der Waals surface area contributed by atoms with Gasteiger partial charge in [0.15, 0.2) is 0 Å². The van der Waals surface area contributed by atoms with E-state index in [1.54, 1.807) is 0 Å². The average molecular weight is 316 g/mol. The number of likely N-dealkylation sites (N-methyl/N-ethyl adjacent to an activating group) is 1. The predicted octanol–water partition coefficient (Wildman–Crippen LogP) is 4.47. The van der Waals surface area contributed by atoms with Crippen LogP contribution in [0.1, 0.15) is 38.2 Å². The lowest BCUT2D eigenvalue weighted by atomic mass is 9.87. The number of nitrogens with one attached hydrogen (secondary N) is 1. The predicted molar refractivity (Wildman–Crippen MR) is 85.8 cm³/mol. The topological polar surface area (TPSA) is 21.3 Å². The lowest BCUT2D eigenvalue weighted by molar-refractivity contribution is -0.0596. The molecule has 1 atom stereocenters. The zero-order valence-electron chi connectivity index (χ0n) is 12.2. The van der Waals surface area contributed by atoms with E-state index in [-0.39, 0.29) is 11.6 Å². The molecular weight excluding hydrogens is 293 g/mol. The molecule has 0 saturated heterocycles. The SMILES string of the molecule is CCOC1(C(Cc2c(Cl)cccc2Cl)NC)CCCC1. The van der Waals surface area contributed by atoms with E-state index >= 15 is 0 Å². The third kappa shape index (κ3) is 3.30. The van der Waals surface area contributed by atoms with Gasteiger partial charge in [-0.1, -0.05) is 42.1 Å². The van der Waals surface area contributed by atoms with E-state index in [4.69, 9.17) is 27.9 Å². The van der Waals surface area contributed by atoms with Crippen molar-refractivity contribution < 1.29 is 4.74 Å². The molecule has 1 aliphatic carbocycles. The molecule has 0 spiro atoms. The summed E-state index contributed by atoms with van der Waals surface area (Å²) in [6.07, 6.45) is 5.47. The molecular formula is C16H23Cl2NO. The molecule has 0 radical (unpaired) electrons. The molecule has 0 heterocycles. The van der Waals surface area contributed by atoms with E-state index in [0.717, 1.165) is 41.5 Å². The highest BCUT2D eigenvalue weighted by Crippen LogP contribution is 2.38. The van der Waals surface area contributed by atoms with Crippen molar-refractivity contribution in [3.8, 4) is 0 Å². The fourth-order valence-corrected chi connectivity index (χ4v) is 3.89. The van der Waals surface area contributed by atoms with Gasteiger partial charge in [-0.15, -0.1) is 0 Å². The van der Waals surface area contributed by atoms with Gasteiger partial charge in [-0.2, -0.15) is 0 Å². The summed E-state index contributed by atoms with van der Waals surface area (Å²) in [6, 6.07) is 5.92. The zero-order valence-corrected chi connectivity index (χ0v) is 13.7. The van der Waals surface area contributed by atoms with Crippen molar-refractivity contribution in [2.75, 3.05) is 13.7 Å². The number of hydrogen-bond acceptors (Lipinski definition) is 2. The minimum atomic E-state index is -0.0774. The van der Waals surface area contributed by atoms with Crippen LogP contribution in [-0.4, -0.2) is 25.3 Å². The molecule has 1 aromatic carbocycles. The number of hydrogen-bond donors (Lipinski definition) is 1. The highest BCUT2D eigenvalue weighted by molar-refractivity contribution is 6.36. The standard InChI is InChI=1S/C16H23Cl2NO/c1-3-20-16(9-4-5-10-16)15(19-2)11-12-13(17)7-6-8-14(12)18/h6-8,15,19H,3-5,9-11H2,1-2H3. The first kappa shape index (κ1) is 16.1. The van der Waals surface area contributed by atoms with Crippen LogP contribution in [0.15, 0.2) is 18.2 Å². The van der Waals surface area contributed by atoms with Crippen LogP contribution in [0.2, 0.25) is 10.0 Å². The molecule has 4 heteroatoms. The first-order valence-corrected chi connectivity index (χ1v) is 8.12. The van der Waals surface area contributed by atoms with Crippen molar-refractivity contribution in [3.05, 3.63) is 33.8 Å². The lowest BCUT2D eigenvalue weighted by Gasteiger charge is -2.37. The molecule has 1 aliphatic rings. The molecule has 1 aromatic rings. The first-order valence-electron chi connectivity index (χ1n) is 7.37. The molecule has 0 amide bonds. The summed E-state index contributed by atoms with van der Waals surface area (Å²) in [7, 11) is 1.99. The third-order valence-electron chi connectivity index (χ3n) is 4.34. The second kappa shape index (κ2) is 7.13. The van der Waals surface area contributed by atoms with Crippen molar-refractivity contribution in [1.82, 2.24) is 5.32 Å². The molecule has 2 rings (SSSR count). The maximum atomic E-state index is 6.31. The van der Waals surface area contributed by atoms with Gasteiger partial charge in [0, 0.05) is 22.7 Å². The van der Waals surface area contributed by atoms with Crippen LogP contribution in [0, 0.1) is 0 Å². The first-order chi connectivity index (χ1) is 9.63. The van der Waals surface area contributed by atoms with Crippen LogP contribution in [0.3, 0.4) is 0 Å². The molecule has 1 N–H and O–H groups in total. The third-order valence-corrected chi connectivity index (χ3v) is 5.04. The smallest absolute Gasteiger partial charge is 0.0837 e. The Bertz CT molecular complexity index is 424. The van der Waals surface area contributed by atoms with E-state index in [1.165, 1.54) is 12.8 Å². The van der Waals surface area contributed by atoms with Gasteiger partial charge < -0.3 is 10.1 Å². The van der Waals surface area contributed by atoms with Gasteiger partial charge in [-0.05, 0) is 50.9 Å². The number of rotatable bonds is 6. The van der Waals surface area contributed by atoms with E-state index in [1.807, 2.05) is 25.2 Å². The lowest BCUT2D eigenvalue weighted by Crippen LogP contribution is -2.51. The Kier molecular flexibility index (Phi) is 5.74. The molecule has 112 valence electrons. The highest BCUT2D eigenvalue weighted by Gasteiger charge is 2.41. The molecule has 0 aromatic heterocycles. The van der Waals surface area contributed by atoms with Gasteiger partial charge in [0.2, 0.25) is 0 Å². The van der Waals surface area contributed by atoms with E-state index in [2.05, 4.69) is 12.2 Å². The maximum Gasteiger partial charge on any atom is 0.0837 e. The fraction of sp³-hybridized carbons (Fsp3) is 0.625. The van der Waals surface area contributed by atoms with E-state index in [9.17, 15) is 0 Å². The van der Waals surface area contributed by atoms with Crippen LogP contribution in [0.5, 0.6) is 0 Å². The zero-order chi connectivity index (χ0) is 14.6. The van der Waals surface area contributed by atoms with Gasteiger partial charge >= 0.3 is 0 Å². The van der Waals surface area contributed by atoms with Crippen LogP contribution < -0.4 is 5.32 Å². The summed E-state index contributed by atoms with van der Waals surface area (Å²) in [6.45, 7) is 2.81.